The number of alkyl halides is 1. The van der Waals surface area contributed by atoms with Gasteiger partial charge in [0.15, 0.2) is 11.5 Å². The van der Waals surface area contributed by atoms with Crippen molar-refractivity contribution < 1.29 is 13.9 Å². The Morgan fingerprint density at radius 2 is 1.90 bits per heavy atom. The fraction of sp³-hybridized carbons (Fsp3) is 0.294. The van der Waals surface area contributed by atoms with E-state index in [4.69, 9.17) is 9.47 Å². The zero-order valence-electron chi connectivity index (χ0n) is 12.2. The van der Waals surface area contributed by atoms with Crippen molar-refractivity contribution in [1.82, 2.24) is 0 Å². The molecule has 0 amide bonds. The van der Waals surface area contributed by atoms with Crippen LogP contribution in [0.3, 0.4) is 0 Å². The van der Waals surface area contributed by atoms with Gasteiger partial charge < -0.3 is 9.47 Å². The zero-order valence-corrected chi connectivity index (χ0v) is 13.7. The van der Waals surface area contributed by atoms with Gasteiger partial charge in [-0.3, -0.25) is 0 Å². The van der Waals surface area contributed by atoms with Gasteiger partial charge in [-0.2, -0.15) is 0 Å². The fourth-order valence-electron chi connectivity index (χ4n) is 2.07. The summed E-state index contributed by atoms with van der Waals surface area (Å²) in [5, 5.41) is 0.686. The van der Waals surface area contributed by atoms with Crippen LogP contribution in [0.25, 0.3) is 0 Å². The van der Waals surface area contributed by atoms with Crippen LogP contribution < -0.4 is 9.47 Å². The molecule has 2 nitrogen and oxygen atoms in total. The highest BCUT2D eigenvalue weighted by atomic mass is 79.9. The first-order valence-electron chi connectivity index (χ1n) is 6.84. The molecule has 21 heavy (non-hydrogen) atoms. The summed E-state index contributed by atoms with van der Waals surface area (Å²) in [6.07, 6.45) is 0. The molecule has 4 heteroatoms. The van der Waals surface area contributed by atoms with Gasteiger partial charge in [-0.25, -0.2) is 4.39 Å². The van der Waals surface area contributed by atoms with Gasteiger partial charge in [-0.1, -0.05) is 34.1 Å². The molecule has 0 aliphatic heterocycles. The number of aryl methyl sites for hydroxylation is 1. The summed E-state index contributed by atoms with van der Waals surface area (Å²) in [6, 6.07) is 10.5. The number of hydrogen-bond donors (Lipinski definition) is 0. The molecule has 2 aromatic rings. The smallest absolute Gasteiger partial charge is 0.165 e. The van der Waals surface area contributed by atoms with Crippen LogP contribution in [-0.2, 0) is 11.9 Å². The van der Waals surface area contributed by atoms with Crippen LogP contribution in [0.1, 0.15) is 23.6 Å². The van der Waals surface area contributed by atoms with Crippen molar-refractivity contribution >= 4 is 15.9 Å². The van der Waals surface area contributed by atoms with E-state index in [-0.39, 0.29) is 5.82 Å². The molecular weight excluding hydrogens is 335 g/mol. The highest BCUT2D eigenvalue weighted by Gasteiger charge is 2.11. The Morgan fingerprint density at radius 1 is 1.10 bits per heavy atom. The van der Waals surface area contributed by atoms with Crippen LogP contribution in [0.5, 0.6) is 11.5 Å². The third-order valence-electron chi connectivity index (χ3n) is 3.18. The maximum absolute atomic E-state index is 13.1. The molecule has 0 saturated carbocycles. The van der Waals surface area contributed by atoms with Gasteiger partial charge >= 0.3 is 0 Å². The van der Waals surface area contributed by atoms with Crippen LogP contribution in [0.15, 0.2) is 36.4 Å². The van der Waals surface area contributed by atoms with Crippen LogP contribution in [0.4, 0.5) is 4.39 Å². The molecular formula is C17H18BrFO2. The summed E-state index contributed by atoms with van der Waals surface area (Å²) < 4.78 is 24.7. The summed E-state index contributed by atoms with van der Waals surface area (Å²) in [5.74, 6) is 1.24. The van der Waals surface area contributed by atoms with Crippen LogP contribution in [0.2, 0.25) is 0 Å². The Balaban J connectivity index is 2.22. The molecule has 2 rings (SSSR count). The molecule has 0 bridgehead atoms. The molecule has 0 spiro atoms. The average molecular weight is 353 g/mol. The number of halogens is 2. The molecule has 2 aromatic carbocycles. The van der Waals surface area contributed by atoms with Gasteiger partial charge in [0.05, 0.1) is 6.61 Å². The maximum Gasteiger partial charge on any atom is 0.165 e. The second-order valence-corrected chi connectivity index (χ2v) is 5.23. The Morgan fingerprint density at radius 3 is 2.57 bits per heavy atom. The van der Waals surface area contributed by atoms with E-state index in [0.29, 0.717) is 18.5 Å². The Kier molecular flexibility index (Phi) is 5.62. The minimum absolute atomic E-state index is 0.230. The normalized spacial score (nSPS) is 10.5. The molecule has 0 heterocycles. The summed E-state index contributed by atoms with van der Waals surface area (Å²) in [4.78, 5) is 0. The van der Waals surface area contributed by atoms with Crippen molar-refractivity contribution in [1.29, 1.82) is 0 Å². The second-order valence-electron chi connectivity index (χ2n) is 4.67. The summed E-state index contributed by atoms with van der Waals surface area (Å²) in [5.41, 5.74) is 2.87. The third-order valence-corrected chi connectivity index (χ3v) is 3.79. The summed E-state index contributed by atoms with van der Waals surface area (Å²) in [6.45, 7) is 4.78. The lowest BCUT2D eigenvalue weighted by Crippen LogP contribution is -2.03. The van der Waals surface area contributed by atoms with Crippen molar-refractivity contribution in [2.75, 3.05) is 6.61 Å². The molecule has 0 radical (unpaired) electrons. The van der Waals surface area contributed by atoms with E-state index in [9.17, 15) is 4.39 Å². The van der Waals surface area contributed by atoms with Crippen LogP contribution in [0, 0.1) is 12.7 Å². The minimum Gasteiger partial charge on any atom is -0.490 e. The first kappa shape index (κ1) is 15.8. The van der Waals surface area contributed by atoms with E-state index < -0.39 is 0 Å². The molecule has 0 saturated heterocycles. The van der Waals surface area contributed by atoms with Gasteiger partial charge in [0.1, 0.15) is 12.4 Å². The van der Waals surface area contributed by atoms with E-state index in [1.165, 1.54) is 12.1 Å². The summed E-state index contributed by atoms with van der Waals surface area (Å²) in [7, 11) is 0. The van der Waals surface area contributed by atoms with E-state index >= 15 is 0 Å². The average Bonchev–Trinajstić information content (AvgIpc) is 2.47. The van der Waals surface area contributed by atoms with E-state index in [1.807, 2.05) is 32.0 Å². The highest BCUT2D eigenvalue weighted by molar-refractivity contribution is 9.08. The number of hydrogen-bond acceptors (Lipinski definition) is 2. The zero-order chi connectivity index (χ0) is 15.2. The summed E-state index contributed by atoms with van der Waals surface area (Å²) >= 11 is 3.46. The lowest BCUT2D eigenvalue weighted by molar-refractivity contribution is 0.267. The molecule has 0 atom stereocenters. The largest absolute Gasteiger partial charge is 0.490 e. The number of rotatable bonds is 6. The monoisotopic (exact) mass is 352 g/mol. The van der Waals surface area contributed by atoms with E-state index in [0.717, 1.165) is 28.2 Å². The lowest BCUT2D eigenvalue weighted by Gasteiger charge is -2.15. The molecule has 0 fully saturated rings. The second kappa shape index (κ2) is 7.46. The van der Waals surface area contributed by atoms with Gasteiger partial charge in [-0.05, 0) is 43.2 Å². The quantitative estimate of drug-likeness (QED) is 0.680. The maximum atomic E-state index is 13.1. The van der Waals surface area contributed by atoms with Crippen LogP contribution >= 0.6 is 15.9 Å². The molecule has 0 N–H and O–H groups in total. The lowest BCUT2D eigenvalue weighted by atomic mass is 10.1. The van der Waals surface area contributed by atoms with Crippen molar-refractivity contribution in [2.24, 2.45) is 0 Å². The minimum atomic E-state index is -0.230. The SMILES string of the molecule is CCOc1cccc(CBr)c1OCc1ccc(F)cc1C. The van der Waals surface area contributed by atoms with Gasteiger partial charge in [-0.15, -0.1) is 0 Å². The third kappa shape index (κ3) is 3.97. The highest BCUT2D eigenvalue weighted by Crippen LogP contribution is 2.33. The van der Waals surface area contributed by atoms with Gasteiger partial charge in [0.25, 0.3) is 0 Å². The molecule has 0 aromatic heterocycles. The molecule has 0 aliphatic rings. The predicted octanol–water partition coefficient (Wildman–Crippen LogP) is 5.01. The topological polar surface area (TPSA) is 18.5 Å². The number of ether oxygens (including phenoxy) is 2. The molecule has 0 aliphatic carbocycles. The van der Waals surface area contributed by atoms with Crippen molar-refractivity contribution in [3.63, 3.8) is 0 Å². The van der Waals surface area contributed by atoms with Crippen molar-refractivity contribution in [3.05, 3.63) is 58.9 Å². The fourth-order valence-corrected chi connectivity index (χ4v) is 2.51. The van der Waals surface area contributed by atoms with Crippen molar-refractivity contribution in [3.8, 4) is 11.5 Å². The Hall–Kier alpha value is -1.55. The van der Waals surface area contributed by atoms with Gasteiger partial charge in [0, 0.05) is 10.9 Å². The first-order valence-corrected chi connectivity index (χ1v) is 7.96. The van der Waals surface area contributed by atoms with Gasteiger partial charge in [0.2, 0.25) is 0 Å². The Bertz CT molecular complexity index is 614. The van der Waals surface area contributed by atoms with Crippen LogP contribution in [-0.4, -0.2) is 6.61 Å². The number of benzene rings is 2. The Labute approximate surface area is 133 Å². The first-order chi connectivity index (χ1) is 10.2. The number of para-hydroxylation sites is 1. The predicted molar refractivity (Wildman–Crippen MR) is 85.7 cm³/mol. The molecule has 112 valence electrons. The van der Waals surface area contributed by atoms with Crippen molar-refractivity contribution in [2.45, 2.75) is 25.8 Å². The van der Waals surface area contributed by atoms with E-state index in [1.54, 1.807) is 6.07 Å². The van der Waals surface area contributed by atoms with E-state index in [2.05, 4.69) is 15.9 Å². The molecule has 0 unspecified atom stereocenters. The standard InChI is InChI=1S/C17H18BrFO2/c1-3-20-16-6-4-5-13(10-18)17(16)21-11-14-7-8-15(19)9-12(14)2/h4-9H,3,10-11H2,1-2H3.